The lowest BCUT2D eigenvalue weighted by molar-refractivity contribution is -0.146. The lowest BCUT2D eigenvalue weighted by Gasteiger charge is -2.51. The van der Waals surface area contributed by atoms with Gasteiger partial charge in [0, 0.05) is 57.8 Å². The summed E-state index contributed by atoms with van der Waals surface area (Å²) >= 11 is 0. The van der Waals surface area contributed by atoms with Crippen LogP contribution in [0, 0.1) is 11.3 Å². The van der Waals surface area contributed by atoms with Gasteiger partial charge >= 0.3 is 0 Å². The van der Waals surface area contributed by atoms with E-state index in [1.165, 1.54) is 25.7 Å². The standard InChI is InChI=1S/C21H38N2O3/c1-26-15-7-12-22-14-10-19(24)21(16-22)11-6-13-23(17-21)20(25)18-8-4-2-3-5-9-18/h18-19,24H,2-17H2,1H3/t19-,21-/m1/s1. The highest BCUT2D eigenvalue weighted by Crippen LogP contribution is 2.39. The molecule has 0 aromatic heterocycles. The number of methoxy groups -OCH3 is 1. The molecule has 0 radical (unpaired) electrons. The van der Waals surface area contributed by atoms with Crippen LogP contribution in [0.2, 0.25) is 0 Å². The summed E-state index contributed by atoms with van der Waals surface area (Å²) in [6, 6.07) is 0. The molecule has 1 aliphatic carbocycles. The maximum absolute atomic E-state index is 13.1. The van der Waals surface area contributed by atoms with Crippen LogP contribution in [-0.4, -0.2) is 73.4 Å². The van der Waals surface area contributed by atoms with Gasteiger partial charge in [-0.2, -0.15) is 0 Å². The van der Waals surface area contributed by atoms with E-state index in [0.29, 0.717) is 5.91 Å². The number of likely N-dealkylation sites (tertiary alicyclic amines) is 2. The SMILES string of the molecule is COCCCN1CC[C@@H](O)[C@]2(CCCN(C(=O)C3CCCCCC3)C2)C1. The molecule has 3 fully saturated rings. The molecular weight excluding hydrogens is 328 g/mol. The summed E-state index contributed by atoms with van der Waals surface area (Å²) in [6.45, 7) is 5.34. The Hall–Kier alpha value is -0.650. The highest BCUT2D eigenvalue weighted by atomic mass is 16.5. The quantitative estimate of drug-likeness (QED) is 0.600. The van der Waals surface area contributed by atoms with Crippen molar-refractivity contribution < 1.29 is 14.6 Å². The summed E-state index contributed by atoms with van der Waals surface area (Å²) in [5.41, 5.74) is -0.121. The van der Waals surface area contributed by atoms with Crippen LogP contribution in [0.15, 0.2) is 0 Å². The number of ether oxygens (including phenoxy) is 1. The van der Waals surface area contributed by atoms with Crippen LogP contribution in [0.3, 0.4) is 0 Å². The Bertz CT molecular complexity index is 451. The number of aliphatic hydroxyl groups is 1. The van der Waals surface area contributed by atoms with Crippen LogP contribution in [0.1, 0.15) is 64.2 Å². The number of hydrogen-bond donors (Lipinski definition) is 1. The van der Waals surface area contributed by atoms with E-state index >= 15 is 0 Å². The van der Waals surface area contributed by atoms with Gasteiger partial charge in [0.05, 0.1) is 6.10 Å². The average molecular weight is 367 g/mol. The third-order valence-electron chi connectivity index (χ3n) is 6.91. The molecule has 0 unspecified atom stereocenters. The van der Waals surface area contributed by atoms with Crippen molar-refractivity contribution in [3.63, 3.8) is 0 Å². The number of carbonyl (C=O) groups excluding carboxylic acids is 1. The van der Waals surface area contributed by atoms with Crippen molar-refractivity contribution in [1.29, 1.82) is 0 Å². The molecule has 2 atom stereocenters. The molecule has 3 rings (SSSR count). The van der Waals surface area contributed by atoms with Crippen molar-refractivity contribution in [2.75, 3.05) is 46.4 Å². The normalized spacial score (nSPS) is 31.9. The Labute approximate surface area is 159 Å². The minimum Gasteiger partial charge on any atom is -0.392 e. The first-order valence-electron chi connectivity index (χ1n) is 10.8. The second-order valence-corrected chi connectivity index (χ2v) is 8.84. The van der Waals surface area contributed by atoms with Crippen LogP contribution in [-0.2, 0) is 9.53 Å². The summed E-state index contributed by atoms with van der Waals surface area (Å²) in [5, 5.41) is 10.8. The lowest BCUT2D eigenvalue weighted by Crippen LogP contribution is -2.60. The van der Waals surface area contributed by atoms with Crippen LogP contribution < -0.4 is 0 Å². The van der Waals surface area contributed by atoms with E-state index < -0.39 is 0 Å². The zero-order valence-corrected chi connectivity index (χ0v) is 16.6. The molecule has 0 bridgehead atoms. The van der Waals surface area contributed by atoms with E-state index in [9.17, 15) is 9.90 Å². The monoisotopic (exact) mass is 366 g/mol. The van der Waals surface area contributed by atoms with Crippen molar-refractivity contribution in [1.82, 2.24) is 9.80 Å². The fraction of sp³-hybridized carbons (Fsp3) is 0.952. The van der Waals surface area contributed by atoms with Gasteiger partial charge in [0.15, 0.2) is 0 Å². The zero-order valence-electron chi connectivity index (χ0n) is 16.6. The predicted octanol–water partition coefficient (Wildman–Crippen LogP) is 2.67. The fourth-order valence-corrected chi connectivity index (χ4v) is 5.40. The van der Waals surface area contributed by atoms with Crippen LogP contribution in [0.5, 0.6) is 0 Å². The lowest BCUT2D eigenvalue weighted by atomic mass is 9.71. The molecule has 3 aliphatic rings. The van der Waals surface area contributed by atoms with E-state index in [1.807, 2.05) is 0 Å². The molecule has 2 heterocycles. The van der Waals surface area contributed by atoms with Gasteiger partial charge in [0.1, 0.15) is 0 Å². The van der Waals surface area contributed by atoms with Gasteiger partial charge in [-0.1, -0.05) is 25.7 Å². The summed E-state index contributed by atoms with van der Waals surface area (Å²) in [4.78, 5) is 17.7. The Morgan fingerprint density at radius 1 is 1.08 bits per heavy atom. The van der Waals surface area contributed by atoms with Gasteiger partial charge in [-0.3, -0.25) is 4.79 Å². The zero-order chi connectivity index (χ0) is 18.4. The topological polar surface area (TPSA) is 53.0 Å². The van der Waals surface area contributed by atoms with Crippen molar-refractivity contribution in [3.8, 4) is 0 Å². The number of carbonyl (C=O) groups is 1. The van der Waals surface area contributed by atoms with Crippen molar-refractivity contribution in [2.45, 2.75) is 70.3 Å². The number of nitrogens with zero attached hydrogens (tertiary/aromatic N) is 2. The van der Waals surface area contributed by atoms with Crippen molar-refractivity contribution in [2.24, 2.45) is 11.3 Å². The number of piperidine rings is 2. The molecular formula is C21H38N2O3. The van der Waals surface area contributed by atoms with E-state index in [2.05, 4.69) is 9.80 Å². The number of amides is 1. The van der Waals surface area contributed by atoms with Crippen molar-refractivity contribution in [3.05, 3.63) is 0 Å². The van der Waals surface area contributed by atoms with Crippen LogP contribution in [0.25, 0.3) is 0 Å². The van der Waals surface area contributed by atoms with Crippen LogP contribution >= 0.6 is 0 Å². The molecule has 2 saturated heterocycles. The summed E-state index contributed by atoms with van der Waals surface area (Å²) in [5.74, 6) is 0.598. The second-order valence-electron chi connectivity index (χ2n) is 8.84. The van der Waals surface area contributed by atoms with E-state index in [4.69, 9.17) is 4.74 Å². The first kappa shape index (κ1) is 20.1. The molecule has 26 heavy (non-hydrogen) atoms. The smallest absolute Gasteiger partial charge is 0.225 e. The van der Waals surface area contributed by atoms with Gasteiger partial charge in [-0.15, -0.1) is 0 Å². The molecule has 2 aliphatic heterocycles. The van der Waals surface area contributed by atoms with Gasteiger partial charge < -0.3 is 19.6 Å². The van der Waals surface area contributed by atoms with Crippen LogP contribution in [0.4, 0.5) is 0 Å². The average Bonchev–Trinajstić information content (AvgIpc) is 2.94. The molecule has 150 valence electrons. The highest BCUT2D eigenvalue weighted by Gasteiger charge is 2.46. The van der Waals surface area contributed by atoms with E-state index in [-0.39, 0.29) is 17.4 Å². The number of aliphatic hydroxyl groups excluding tert-OH is 1. The summed E-state index contributed by atoms with van der Waals surface area (Å²) in [7, 11) is 1.75. The van der Waals surface area contributed by atoms with Crippen molar-refractivity contribution >= 4 is 5.91 Å². The minimum absolute atomic E-state index is 0.121. The molecule has 0 aromatic rings. The molecule has 1 spiro atoms. The Morgan fingerprint density at radius 3 is 2.58 bits per heavy atom. The van der Waals surface area contributed by atoms with E-state index in [1.54, 1.807) is 7.11 Å². The first-order chi connectivity index (χ1) is 12.6. The van der Waals surface area contributed by atoms with E-state index in [0.717, 1.165) is 77.9 Å². The predicted molar refractivity (Wildman–Crippen MR) is 103 cm³/mol. The highest BCUT2D eigenvalue weighted by molar-refractivity contribution is 5.79. The fourth-order valence-electron chi connectivity index (χ4n) is 5.40. The minimum atomic E-state index is -0.272. The van der Waals surface area contributed by atoms with Gasteiger partial charge in [0.2, 0.25) is 5.91 Å². The Balaban J connectivity index is 1.62. The molecule has 0 aromatic carbocycles. The first-order valence-corrected chi connectivity index (χ1v) is 10.8. The van der Waals surface area contributed by atoms with Gasteiger partial charge in [0.25, 0.3) is 0 Å². The third-order valence-corrected chi connectivity index (χ3v) is 6.91. The molecule has 5 nitrogen and oxygen atoms in total. The molecule has 1 saturated carbocycles. The maximum atomic E-state index is 13.1. The molecule has 5 heteroatoms. The Morgan fingerprint density at radius 2 is 1.85 bits per heavy atom. The summed E-state index contributed by atoms with van der Waals surface area (Å²) < 4.78 is 5.19. The number of rotatable bonds is 5. The van der Waals surface area contributed by atoms with Gasteiger partial charge in [-0.25, -0.2) is 0 Å². The largest absolute Gasteiger partial charge is 0.392 e. The number of hydrogen-bond acceptors (Lipinski definition) is 4. The van der Waals surface area contributed by atoms with Gasteiger partial charge in [-0.05, 0) is 38.5 Å². The second kappa shape index (κ2) is 9.52. The summed E-state index contributed by atoms with van der Waals surface area (Å²) in [6.07, 6.45) is 10.8. The Kier molecular flexibility index (Phi) is 7.35. The molecule has 1 N–H and O–H groups in total. The molecule has 1 amide bonds. The maximum Gasteiger partial charge on any atom is 0.225 e. The third kappa shape index (κ3) is 4.79.